The first-order chi connectivity index (χ1) is 4.68. The molecule has 10 heavy (non-hydrogen) atoms. The lowest BCUT2D eigenvalue weighted by Gasteiger charge is -2.24. The van der Waals surface area contributed by atoms with Crippen molar-refractivity contribution in [3.05, 3.63) is 0 Å². The van der Waals surface area contributed by atoms with E-state index in [9.17, 15) is 0 Å². The van der Waals surface area contributed by atoms with E-state index in [1.165, 1.54) is 32.1 Å². The van der Waals surface area contributed by atoms with Gasteiger partial charge in [0.2, 0.25) is 0 Å². The smallest absolute Gasteiger partial charge is 0.0255 e. The van der Waals surface area contributed by atoms with Crippen LogP contribution in [0.2, 0.25) is 0 Å². The van der Waals surface area contributed by atoms with E-state index in [-0.39, 0.29) is 0 Å². The van der Waals surface area contributed by atoms with Gasteiger partial charge >= 0.3 is 0 Å². The summed E-state index contributed by atoms with van der Waals surface area (Å²) >= 11 is 3.80. The van der Waals surface area contributed by atoms with Crippen LogP contribution in [0.1, 0.15) is 52.9 Å². The van der Waals surface area contributed by atoms with Crippen LogP contribution in [0, 0.1) is 0 Å². The van der Waals surface area contributed by atoms with Crippen molar-refractivity contribution in [2.24, 2.45) is 0 Å². The summed E-state index contributed by atoms with van der Waals surface area (Å²) in [7, 11) is 0. The van der Waals surface area contributed by atoms with Gasteiger partial charge in [0, 0.05) is 4.32 Å². The molecule has 0 fully saturated rings. The first kappa shape index (κ1) is 10.5. The van der Waals surface area contributed by atoms with Crippen LogP contribution in [0.4, 0.5) is 0 Å². The van der Waals surface area contributed by atoms with Gasteiger partial charge in [-0.2, -0.15) is 0 Å². The molecule has 0 amide bonds. The van der Waals surface area contributed by atoms with Crippen LogP contribution in [0.15, 0.2) is 0 Å². The van der Waals surface area contributed by atoms with Gasteiger partial charge in [-0.3, -0.25) is 0 Å². The molecule has 0 aromatic carbocycles. The standard InChI is InChI=1S/C9H19Br/c1-4-7-9(10,6-3)8-5-2/h4-8H2,1-3H3. The number of alkyl halides is 1. The molecule has 0 saturated carbocycles. The van der Waals surface area contributed by atoms with Crippen LogP contribution in [0.3, 0.4) is 0 Å². The molecule has 0 nitrogen and oxygen atoms in total. The van der Waals surface area contributed by atoms with Crippen LogP contribution in [-0.2, 0) is 0 Å². The van der Waals surface area contributed by atoms with E-state index in [1.807, 2.05) is 0 Å². The summed E-state index contributed by atoms with van der Waals surface area (Å²) in [6.45, 7) is 6.77. The molecular weight excluding hydrogens is 188 g/mol. The van der Waals surface area contributed by atoms with Crippen molar-refractivity contribution in [1.29, 1.82) is 0 Å². The summed E-state index contributed by atoms with van der Waals surface area (Å²) in [5.74, 6) is 0. The molecule has 0 rings (SSSR count). The Kier molecular flexibility index (Phi) is 5.42. The molecular formula is C9H19Br. The van der Waals surface area contributed by atoms with Crippen LogP contribution in [0.5, 0.6) is 0 Å². The Hall–Kier alpha value is 0.480. The third-order valence-corrected chi connectivity index (χ3v) is 3.38. The number of hydrogen-bond acceptors (Lipinski definition) is 0. The number of hydrogen-bond donors (Lipinski definition) is 0. The van der Waals surface area contributed by atoms with E-state index < -0.39 is 0 Å². The Labute approximate surface area is 73.5 Å². The van der Waals surface area contributed by atoms with Gasteiger partial charge in [0.05, 0.1) is 0 Å². The van der Waals surface area contributed by atoms with Gasteiger partial charge in [0.25, 0.3) is 0 Å². The van der Waals surface area contributed by atoms with Crippen LogP contribution in [0.25, 0.3) is 0 Å². The highest BCUT2D eigenvalue weighted by Crippen LogP contribution is 2.32. The van der Waals surface area contributed by atoms with Crippen LogP contribution < -0.4 is 0 Å². The molecule has 0 aliphatic carbocycles. The summed E-state index contributed by atoms with van der Waals surface area (Å²) in [6, 6.07) is 0. The van der Waals surface area contributed by atoms with Crippen molar-refractivity contribution in [1.82, 2.24) is 0 Å². The molecule has 0 spiro atoms. The zero-order valence-corrected chi connectivity index (χ0v) is 9.00. The third-order valence-electron chi connectivity index (χ3n) is 2.03. The molecule has 0 radical (unpaired) electrons. The van der Waals surface area contributed by atoms with Crippen LogP contribution >= 0.6 is 15.9 Å². The van der Waals surface area contributed by atoms with E-state index >= 15 is 0 Å². The van der Waals surface area contributed by atoms with Gasteiger partial charge < -0.3 is 0 Å². The normalized spacial score (nSPS) is 12.0. The molecule has 0 aliphatic rings. The van der Waals surface area contributed by atoms with Crippen molar-refractivity contribution < 1.29 is 0 Å². The van der Waals surface area contributed by atoms with Gasteiger partial charge in [-0.1, -0.05) is 49.5 Å². The predicted octanol–water partition coefficient (Wildman–Crippen LogP) is 4.13. The quantitative estimate of drug-likeness (QED) is 0.594. The molecule has 1 heteroatoms. The van der Waals surface area contributed by atoms with Crippen molar-refractivity contribution in [3.8, 4) is 0 Å². The zero-order valence-electron chi connectivity index (χ0n) is 7.41. The lowest BCUT2D eigenvalue weighted by atomic mass is 9.95. The molecule has 0 aromatic heterocycles. The van der Waals surface area contributed by atoms with Gasteiger partial charge in [0.1, 0.15) is 0 Å². The van der Waals surface area contributed by atoms with Gasteiger partial charge in [-0.15, -0.1) is 0 Å². The molecule has 0 aliphatic heterocycles. The Morgan fingerprint density at radius 2 is 1.40 bits per heavy atom. The highest BCUT2D eigenvalue weighted by molar-refractivity contribution is 9.10. The minimum atomic E-state index is 0.455. The number of rotatable bonds is 5. The summed E-state index contributed by atoms with van der Waals surface area (Å²) in [6.07, 6.45) is 6.47. The largest absolute Gasteiger partial charge is 0.0853 e. The zero-order chi connectivity index (χ0) is 8.04. The molecule has 0 saturated heterocycles. The van der Waals surface area contributed by atoms with Crippen molar-refractivity contribution in [2.75, 3.05) is 0 Å². The lowest BCUT2D eigenvalue weighted by Crippen LogP contribution is -2.18. The fourth-order valence-electron chi connectivity index (χ4n) is 1.37. The molecule has 0 unspecified atom stereocenters. The molecule has 62 valence electrons. The van der Waals surface area contributed by atoms with Crippen LogP contribution in [-0.4, -0.2) is 4.32 Å². The Bertz CT molecular complexity index is 72.8. The fraction of sp³-hybridized carbons (Fsp3) is 1.00. The maximum absolute atomic E-state index is 3.80. The number of halogens is 1. The summed E-state index contributed by atoms with van der Waals surface area (Å²) < 4.78 is 0.455. The summed E-state index contributed by atoms with van der Waals surface area (Å²) in [4.78, 5) is 0. The molecule has 0 bridgehead atoms. The van der Waals surface area contributed by atoms with E-state index in [1.54, 1.807) is 0 Å². The van der Waals surface area contributed by atoms with Crippen molar-refractivity contribution in [3.63, 3.8) is 0 Å². The highest BCUT2D eigenvalue weighted by Gasteiger charge is 2.21. The van der Waals surface area contributed by atoms with E-state index in [2.05, 4.69) is 36.7 Å². The SMILES string of the molecule is CCCC(Br)(CC)CCC. The lowest BCUT2D eigenvalue weighted by molar-refractivity contribution is 0.487. The summed E-state index contributed by atoms with van der Waals surface area (Å²) in [5, 5.41) is 0. The minimum Gasteiger partial charge on any atom is -0.0853 e. The predicted molar refractivity (Wildman–Crippen MR) is 51.8 cm³/mol. The average molecular weight is 207 g/mol. The van der Waals surface area contributed by atoms with Gasteiger partial charge in [-0.05, 0) is 19.3 Å². The first-order valence-corrected chi connectivity index (χ1v) is 5.16. The minimum absolute atomic E-state index is 0.455. The Morgan fingerprint density at radius 1 is 1.00 bits per heavy atom. The second-order valence-electron chi connectivity index (χ2n) is 3.00. The second-order valence-corrected chi connectivity index (χ2v) is 4.69. The summed E-state index contributed by atoms with van der Waals surface area (Å²) in [5.41, 5.74) is 0. The van der Waals surface area contributed by atoms with Gasteiger partial charge in [-0.25, -0.2) is 0 Å². The highest BCUT2D eigenvalue weighted by atomic mass is 79.9. The van der Waals surface area contributed by atoms with E-state index in [0.29, 0.717) is 4.32 Å². The molecule has 0 N–H and O–H groups in total. The fourth-order valence-corrected chi connectivity index (χ4v) is 2.17. The Morgan fingerprint density at radius 3 is 1.60 bits per heavy atom. The van der Waals surface area contributed by atoms with Crippen molar-refractivity contribution >= 4 is 15.9 Å². The Balaban J connectivity index is 3.69. The molecule has 0 aromatic rings. The molecule has 0 atom stereocenters. The van der Waals surface area contributed by atoms with E-state index in [4.69, 9.17) is 0 Å². The van der Waals surface area contributed by atoms with Gasteiger partial charge in [0.15, 0.2) is 0 Å². The van der Waals surface area contributed by atoms with Crippen molar-refractivity contribution in [2.45, 2.75) is 57.2 Å². The topological polar surface area (TPSA) is 0 Å². The maximum atomic E-state index is 3.80. The maximum Gasteiger partial charge on any atom is 0.0255 e. The first-order valence-electron chi connectivity index (χ1n) is 4.37. The average Bonchev–Trinajstić information content (AvgIpc) is 1.89. The second kappa shape index (κ2) is 5.17. The molecule has 0 heterocycles. The third kappa shape index (κ3) is 3.60. The monoisotopic (exact) mass is 206 g/mol. The van der Waals surface area contributed by atoms with E-state index in [0.717, 1.165) is 0 Å².